The molecule has 0 aliphatic heterocycles. The summed E-state index contributed by atoms with van der Waals surface area (Å²) in [6.07, 6.45) is 0. The molecule has 64 valence electrons. The normalized spacial score (nSPS) is 11.3. The molecular weight excluding hydrogens is 152 g/mol. The molecule has 1 aromatic carbocycles. The third-order valence-corrected chi connectivity index (χ3v) is 1.61. The average Bonchev–Trinajstić information content (AvgIpc) is 2.05. The van der Waals surface area contributed by atoms with Gasteiger partial charge >= 0.3 is 0 Å². The molecule has 0 heterocycles. The first kappa shape index (κ1) is 8.59. The molecule has 2 N–H and O–H groups in total. The van der Waals surface area contributed by atoms with E-state index in [9.17, 15) is 0 Å². The van der Waals surface area contributed by atoms with Crippen LogP contribution in [0.5, 0.6) is 0 Å². The van der Waals surface area contributed by atoms with Crippen LogP contribution in [0.25, 0.3) is 0 Å². The van der Waals surface area contributed by atoms with Crippen LogP contribution in [-0.4, -0.2) is 12.9 Å². The molecule has 12 heavy (non-hydrogen) atoms. The highest BCUT2D eigenvalue weighted by Gasteiger charge is 2.00. The number of hydrogen-bond acceptors (Lipinski definition) is 2. The molecule has 1 rings (SSSR count). The van der Waals surface area contributed by atoms with Gasteiger partial charge in [0.1, 0.15) is 7.11 Å². The van der Waals surface area contributed by atoms with Crippen molar-refractivity contribution in [3.63, 3.8) is 0 Å². The fourth-order valence-electron chi connectivity index (χ4n) is 1.01. The maximum Gasteiger partial charge on any atom is 0.170 e. The van der Waals surface area contributed by atoms with Crippen molar-refractivity contribution in [2.75, 3.05) is 7.11 Å². The van der Waals surface area contributed by atoms with Gasteiger partial charge in [-0.3, -0.25) is 0 Å². The molecule has 0 saturated carbocycles. The van der Waals surface area contributed by atoms with Crippen molar-refractivity contribution in [1.29, 1.82) is 0 Å². The van der Waals surface area contributed by atoms with Crippen molar-refractivity contribution in [3.8, 4) is 0 Å². The number of aryl methyl sites for hydroxylation is 1. The van der Waals surface area contributed by atoms with Crippen molar-refractivity contribution in [1.82, 2.24) is 0 Å². The van der Waals surface area contributed by atoms with Crippen LogP contribution in [0.2, 0.25) is 0 Å². The predicted molar refractivity (Wildman–Crippen MR) is 48.9 cm³/mol. The molecule has 0 aliphatic carbocycles. The van der Waals surface area contributed by atoms with Crippen LogP contribution in [0.4, 0.5) is 0 Å². The first-order valence-corrected chi connectivity index (χ1v) is 3.68. The highest BCUT2D eigenvalue weighted by atomic mass is 16.6. The first-order chi connectivity index (χ1) is 5.75. The summed E-state index contributed by atoms with van der Waals surface area (Å²) < 4.78 is 0. The van der Waals surface area contributed by atoms with Crippen LogP contribution in [0, 0.1) is 6.92 Å². The van der Waals surface area contributed by atoms with E-state index in [1.165, 1.54) is 7.11 Å². The molecule has 0 fully saturated rings. The smallest absolute Gasteiger partial charge is 0.170 e. The van der Waals surface area contributed by atoms with E-state index < -0.39 is 0 Å². The number of hydrogen-bond donors (Lipinski definition) is 1. The first-order valence-electron chi connectivity index (χ1n) is 3.68. The van der Waals surface area contributed by atoms with Crippen molar-refractivity contribution >= 4 is 5.84 Å². The fourth-order valence-corrected chi connectivity index (χ4v) is 1.01. The number of amidine groups is 1. The van der Waals surface area contributed by atoms with Crippen LogP contribution in [0.15, 0.2) is 29.4 Å². The number of benzene rings is 1. The summed E-state index contributed by atoms with van der Waals surface area (Å²) in [4.78, 5) is 4.58. The van der Waals surface area contributed by atoms with Gasteiger partial charge in [0.2, 0.25) is 0 Å². The molecule has 0 saturated heterocycles. The Labute approximate surface area is 71.8 Å². The van der Waals surface area contributed by atoms with Gasteiger partial charge in [0.25, 0.3) is 0 Å². The van der Waals surface area contributed by atoms with Gasteiger partial charge in [-0.15, -0.1) is 0 Å². The molecule has 0 unspecified atom stereocenters. The largest absolute Gasteiger partial charge is 0.397 e. The van der Waals surface area contributed by atoms with Gasteiger partial charge in [-0.25, -0.2) is 0 Å². The third kappa shape index (κ3) is 1.75. The molecule has 3 nitrogen and oxygen atoms in total. The molecule has 0 radical (unpaired) electrons. The third-order valence-electron chi connectivity index (χ3n) is 1.61. The molecule has 1 aromatic rings. The Morgan fingerprint density at radius 2 is 2.08 bits per heavy atom. The SMILES string of the molecule is CO/N=C(\N)c1ccccc1C. The van der Waals surface area contributed by atoms with E-state index >= 15 is 0 Å². The second-order valence-corrected chi connectivity index (χ2v) is 2.47. The minimum absolute atomic E-state index is 0.413. The van der Waals surface area contributed by atoms with Crippen molar-refractivity contribution in [2.45, 2.75) is 6.92 Å². The number of oxime groups is 1. The minimum atomic E-state index is 0.413. The van der Waals surface area contributed by atoms with Gasteiger partial charge in [0.05, 0.1) is 0 Å². The van der Waals surface area contributed by atoms with Gasteiger partial charge in [0, 0.05) is 5.56 Å². The van der Waals surface area contributed by atoms with E-state index in [2.05, 4.69) is 9.99 Å². The van der Waals surface area contributed by atoms with Gasteiger partial charge in [-0.05, 0) is 12.5 Å². The van der Waals surface area contributed by atoms with E-state index in [0.29, 0.717) is 5.84 Å². The topological polar surface area (TPSA) is 47.6 Å². The highest BCUT2D eigenvalue weighted by molar-refractivity contribution is 5.98. The number of rotatable bonds is 2. The Balaban J connectivity index is 3.02. The molecule has 0 aromatic heterocycles. The molecule has 0 bridgehead atoms. The lowest BCUT2D eigenvalue weighted by molar-refractivity contribution is 0.213. The van der Waals surface area contributed by atoms with Crippen LogP contribution < -0.4 is 5.73 Å². The monoisotopic (exact) mass is 164 g/mol. The number of nitrogens with two attached hydrogens (primary N) is 1. The maximum absolute atomic E-state index is 5.63. The second-order valence-electron chi connectivity index (χ2n) is 2.47. The van der Waals surface area contributed by atoms with Gasteiger partial charge in [0.15, 0.2) is 5.84 Å². The molecule has 0 spiro atoms. The van der Waals surface area contributed by atoms with E-state index in [1.807, 2.05) is 31.2 Å². The van der Waals surface area contributed by atoms with E-state index in [0.717, 1.165) is 11.1 Å². The van der Waals surface area contributed by atoms with Crippen molar-refractivity contribution in [3.05, 3.63) is 35.4 Å². The zero-order chi connectivity index (χ0) is 8.97. The Hall–Kier alpha value is -1.51. The Morgan fingerprint density at radius 1 is 1.42 bits per heavy atom. The van der Waals surface area contributed by atoms with Crippen LogP contribution in [0.1, 0.15) is 11.1 Å². The van der Waals surface area contributed by atoms with Gasteiger partial charge in [-0.1, -0.05) is 29.4 Å². The summed E-state index contributed by atoms with van der Waals surface area (Å²) in [5, 5.41) is 3.65. The Bertz CT molecular complexity index is 294. The second kappa shape index (κ2) is 3.76. The summed E-state index contributed by atoms with van der Waals surface area (Å²) in [5.74, 6) is 0.413. The maximum atomic E-state index is 5.63. The van der Waals surface area contributed by atoms with Crippen LogP contribution in [-0.2, 0) is 4.84 Å². The number of nitrogens with zero attached hydrogens (tertiary/aromatic N) is 1. The Morgan fingerprint density at radius 3 is 2.67 bits per heavy atom. The van der Waals surface area contributed by atoms with E-state index in [1.54, 1.807) is 0 Å². The lowest BCUT2D eigenvalue weighted by atomic mass is 10.1. The standard InChI is InChI=1S/C9H12N2O/c1-7-5-3-4-6-8(7)9(10)11-12-2/h3-6H,1-2H3,(H2,10,11). The van der Waals surface area contributed by atoms with E-state index in [4.69, 9.17) is 5.73 Å². The lowest BCUT2D eigenvalue weighted by Crippen LogP contribution is -2.14. The zero-order valence-corrected chi connectivity index (χ0v) is 7.24. The minimum Gasteiger partial charge on any atom is -0.397 e. The zero-order valence-electron chi connectivity index (χ0n) is 7.24. The quantitative estimate of drug-likeness (QED) is 0.406. The van der Waals surface area contributed by atoms with E-state index in [-0.39, 0.29) is 0 Å². The van der Waals surface area contributed by atoms with Gasteiger partial charge < -0.3 is 10.6 Å². The molecule has 0 amide bonds. The summed E-state index contributed by atoms with van der Waals surface area (Å²) in [5.41, 5.74) is 7.64. The molecule has 0 atom stereocenters. The molecule has 0 aliphatic rings. The summed E-state index contributed by atoms with van der Waals surface area (Å²) >= 11 is 0. The predicted octanol–water partition coefficient (Wildman–Crippen LogP) is 1.26. The highest BCUT2D eigenvalue weighted by Crippen LogP contribution is 2.05. The fraction of sp³-hybridized carbons (Fsp3) is 0.222. The molecular formula is C9H12N2O. The van der Waals surface area contributed by atoms with Gasteiger partial charge in [-0.2, -0.15) is 0 Å². The van der Waals surface area contributed by atoms with Crippen LogP contribution >= 0.6 is 0 Å². The van der Waals surface area contributed by atoms with Crippen molar-refractivity contribution in [2.24, 2.45) is 10.9 Å². The van der Waals surface area contributed by atoms with Crippen molar-refractivity contribution < 1.29 is 4.84 Å². The average molecular weight is 164 g/mol. The Kier molecular flexibility index (Phi) is 2.69. The van der Waals surface area contributed by atoms with Crippen LogP contribution in [0.3, 0.4) is 0 Å². The lowest BCUT2D eigenvalue weighted by Gasteiger charge is -2.02. The summed E-state index contributed by atoms with van der Waals surface area (Å²) in [6.45, 7) is 1.98. The summed E-state index contributed by atoms with van der Waals surface area (Å²) in [6, 6.07) is 7.76. The summed E-state index contributed by atoms with van der Waals surface area (Å²) in [7, 11) is 1.48. The molecule has 3 heteroatoms.